The number of anilines is 1. The fourth-order valence-electron chi connectivity index (χ4n) is 3.26. The van der Waals surface area contributed by atoms with Crippen molar-refractivity contribution >= 4 is 11.8 Å². The van der Waals surface area contributed by atoms with E-state index >= 15 is 0 Å². The Morgan fingerprint density at radius 1 is 1.32 bits per heavy atom. The van der Waals surface area contributed by atoms with E-state index in [4.69, 9.17) is 0 Å². The number of hydrogen-bond donors (Lipinski definition) is 1. The number of carbonyl (C=O) groups is 1. The zero-order valence-corrected chi connectivity index (χ0v) is 11.2. The van der Waals surface area contributed by atoms with Gasteiger partial charge < -0.3 is 10.0 Å². The van der Waals surface area contributed by atoms with Crippen molar-refractivity contribution in [2.75, 3.05) is 11.4 Å². The van der Waals surface area contributed by atoms with Gasteiger partial charge in [0.1, 0.15) is 17.7 Å². The second-order valence-corrected chi connectivity index (χ2v) is 5.66. The normalized spacial score (nSPS) is 26.3. The van der Waals surface area contributed by atoms with E-state index in [1.54, 1.807) is 13.3 Å². The van der Waals surface area contributed by atoms with Crippen molar-refractivity contribution in [3.63, 3.8) is 0 Å². The van der Waals surface area contributed by atoms with Crippen LogP contribution in [-0.2, 0) is 17.6 Å². The van der Waals surface area contributed by atoms with Crippen LogP contribution >= 0.6 is 0 Å². The molecule has 1 unspecified atom stereocenters. The Kier molecular flexibility index (Phi) is 2.92. The van der Waals surface area contributed by atoms with Crippen molar-refractivity contribution in [1.82, 2.24) is 9.97 Å². The molecule has 1 aromatic heterocycles. The van der Waals surface area contributed by atoms with Gasteiger partial charge in [-0.1, -0.05) is 0 Å². The van der Waals surface area contributed by atoms with Crippen LogP contribution in [0.4, 0.5) is 5.82 Å². The molecule has 102 valence electrons. The third kappa shape index (κ3) is 1.88. The zero-order valence-electron chi connectivity index (χ0n) is 11.2. The first-order valence-electron chi connectivity index (χ1n) is 6.97. The van der Waals surface area contributed by atoms with Crippen molar-refractivity contribution in [2.45, 2.75) is 51.0 Å². The number of fused-ring (bicyclic) bond motifs is 1. The molecular formula is C14H19N3O2. The van der Waals surface area contributed by atoms with Gasteiger partial charge in [-0.2, -0.15) is 0 Å². The van der Waals surface area contributed by atoms with E-state index in [2.05, 4.69) is 9.97 Å². The fourth-order valence-corrected chi connectivity index (χ4v) is 3.26. The molecule has 0 spiro atoms. The monoisotopic (exact) mass is 261 g/mol. The molecule has 1 saturated heterocycles. The lowest BCUT2D eigenvalue weighted by Gasteiger charge is -2.34. The van der Waals surface area contributed by atoms with Crippen LogP contribution in [-0.4, -0.2) is 33.1 Å². The summed E-state index contributed by atoms with van der Waals surface area (Å²) in [7, 11) is 0. The molecule has 2 heterocycles. The number of rotatable bonds is 2. The Labute approximate surface area is 112 Å². The van der Waals surface area contributed by atoms with Gasteiger partial charge in [-0.25, -0.2) is 14.8 Å². The van der Waals surface area contributed by atoms with Crippen LogP contribution in [0.5, 0.6) is 0 Å². The minimum atomic E-state index is -0.820. The summed E-state index contributed by atoms with van der Waals surface area (Å²) in [6, 6.07) is 0. The molecule has 0 bridgehead atoms. The summed E-state index contributed by atoms with van der Waals surface area (Å²) in [6.45, 7) is 2.58. The van der Waals surface area contributed by atoms with Crippen molar-refractivity contribution in [1.29, 1.82) is 0 Å². The number of aliphatic carboxylic acids is 1. The van der Waals surface area contributed by atoms with E-state index in [9.17, 15) is 9.90 Å². The molecule has 1 aliphatic carbocycles. The van der Waals surface area contributed by atoms with Crippen LogP contribution in [0, 0.1) is 0 Å². The van der Waals surface area contributed by atoms with Crippen LogP contribution in [0.3, 0.4) is 0 Å². The molecule has 1 aromatic rings. The molecule has 1 atom stereocenters. The molecule has 1 aliphatic heterocycles. The lowest BCUT2D eigenvalue weighted by molar-refractivity contribution is -0.142. The number of aromatic nitrogens is 2. The highest BCUT2D eigenvalue weighted by molar-refractivity contribution is 5.84. The minimum absolute atomic E-state index is 0.682. The summed E-state index contributed by atoms with van der Waals surface area (Å²) >= 11 is 0. The van der Waals surface area contributed by atoms with Crippen LogP contribution in [0.1, 0.15) is 43.9 Å². The van der Waals surface area contributed by atoms with Crippen molar-refractivity contribution < 1.29 is 9.90 Å². The van der Waals surface area contributed by atoms with E-state index in [-0.39, 0.29) is 0 Å². The average Bonchev–Trinajstić information content (AvgIpc) is 2.81. The van der Waals surface area contributed by atoms with Gasteiger partial charge in [-0.15, -0.1) is 0 Å². The molecule has 1 N–H and O–H groups in total. The highest BCUT2D eigenvalue weighted by atomic mass is 16.4. The molecule has 5 heteroatoms. The van der Waals surface area contributed by atoms with Crippen LogP contribution in [0.15, 0.2) is 6.33 Å². The highest BCUT2D eigenvalue weighted by Gasteiger charge is 2.45. The Balaban J connectivity index is 2.05. The van der Waals surface area contributed by atoms with Gasteiger partial charge in [-0.3, -0.25) is 0 Å². The van der Waals surface area contributed by atoms with Gasteiger partial charge in [-0.05, 0) is 45.4 Å². The molecule has 19 heavy (non-hydrogen) atoms. The average molecular weight is 261 g/mol. The van der Waals surface area contributed by atoms with Crippen molar-refractivity contribution in [2.24, 2.45) is 0 Å². The van der Waals surface area contributed by atoms with E-state index in [0.29, 0.717) is 6.42 Å². The predicted molar refractivity (Wildman–Crippen MR) is 71.3 cm³/mol. The predicted octanol–water partition coefficient (Wildman–Crippen LogP) is 1.80. The van der Waals surface area contributed by atoms with Gasteiger partial charge in [0, 0.05) is 17.8 Å². The van der Waals surface area contributed by atoms with Gasteiger partial charge in [0.2, 0.25) is 0 Å². The van der Waals surface area contributed by atoms with Gasteiger partial charge in [0.05, 0.1) is 0 Å². The highest BCUT2D eigenvalue weighted by Crippen LogP contribution is 2.37. The summed E-state index contributed by atoms with van der Waals surface area (Å²) in [5.41, 5.74) is 1.46. The zero-order chi connectivity index (χ0) is 13.5. The Bertz CT molecular complexity index is 517. The largest absolute Gasteiger partial charge is 0.480 e. The summed E-state index contributed by atoms with van der Waals surface area (Å²) < 4.78 is 0. The molecule has 5 nitrogen and oxygen atoms in total. The quantitative estimate of drug-likeness (QED) is 0.879. The number of carboxylic acid groups (broad SMARTS) is 1. The Morgan fingerprint density at radius 2 is 2.11 bits per heavy atom. The van der Waals surface area contributed by atoms with E-state index in [1.165, 1.54) is 12.0 Å². The first kappa shape index (κ1) is 12.4. The number of nitrogens with zero attached hydrogens (tertiary/aromatic N) is 3. The summed E-state index contributed by atoms with van der Waals surface area (Å²) in [4.78, 5) is 22.3. The van der Waals surface area contributed by atoms with Gasteiger partial charge in [0.15, 0.2) is 0 Å². The molecule has 0 aromatic carbocycles. The Hall–Kier alpha value is -1.65. The van der Waals surface area contributed by atoms with Crippen LogP contribution in [0.2, 0.25) is 0 Å². The second kappa shape index (κ2) is 4.47. The molecule has 2 aliphatic rings. The second-order valence-electron chi connectivity index (χ2n) is 5.66. The molecule has 0 saturated carbocycles. The van der Waals surface area contributed by atoms with E-state index in [0.717, 1.165) is 43.7 Å². The third-order valence-corrected chi connectivity index (χ3v) is 4.46. The molecule has 0 radical (unpaired) electrons. The molecule has 3 rings (SSSR count). The molecule has 0 amide bonds. The maximum absolute atomic E-state index is 11.6. The smallest absolute Gasteiger partial charge is 0.329 e. The van der Waals surface area contributed by atoms with Crippen LogP contribution in [0.25, 0.3) is 0 Å². The maximum atomic E-state index is 11.6. The van der Waals surface area contributed by atoms with Crippen molar-refractivity contribution in [3.05, 3.63) is 17.6 Å². The van der Waals surface area contributed by atoms with Gasteiger partial charge >= 0.3 is 5.97 Å². The molecule has 1 fully saturated rings. The van der Waals surface area contributed by atoms with Gasteiger partial charge in [0.25, 0.3) is 0 Å². The standard InChI is InChI=1S/C14H19N3O2/c1-14(13(18)19)7-4-8-17(14)12-10-5-2-3-6-11(10)15-9-16-12/h9H,2-8H2,1H3,(H,18,19). The van der Waals surface area contributed by atoms with Crippen LogP contribution < -0.4 is 4.90 Å². The summed E-state index contributed by atoms with van der Waals surface area (Å²) in [5, 5.41) is 9.52. The first-order valence-corrected chi connectivity index (χ1v) is 6.97. The minimum Gasteiger partial charge on any atom is -0.480 e. The lowest BCUT2D eigenvalue weighted by atomic mass is 9.94. The van der Waals surface area contributed by atoms with E-state index in [1.807, 2.05) is 4.90 Å². The number of hydrogen-bond acceptors (Lipinski definition) is 4. The lowest BCUT2D eigenvalue weighted by Crippen LogP contribution is -2.49. The molecular weight excluding hydrogens is 242 g/mol. The van der Waals surface area contributed by atoms with Crippen molar-refractivity contribution in [3.8, 4) is 0 Å². The number of aryl methyl sites for hydroxylation is 1. The maximum Gasteiger partial charge on any atom is 0.329 e. The number of carboxylic acids is 1. The van der Waals surface area contributed by atoms with E-state index < -0.39 is 11.5 Å². The first-order chi connectivity index (χ1) is 9.13. The SMILES string of the molecule is CC1(C(=O)O)CCCN1c1ncnc2c1CCCC2. The topological polar surface area (TPSA) is 66.3 Å². The summed E-state index contributed by atoms with van der Waals surface area (Å²) in [6.07, 6.45) is 7.44. The fraction of sp³-hybridized carbons (Fsp3) is 0.643. The third-order valence-electron chi connectivity index (χ3n) is 4.46. The Morgan fingerprint density at radius 3 is 2.89 bits per heavy atom. The summed E-state index contributed by atoms with van der Waals surface area (Å²) in [5.74, 6) is 0.0975.